The van der Waals surface area contributed by atoms with Crippen molar-refractivity contribution >= 4 is 5.78 Å². The van der Waals surface area contributed by atoms with Gasteiger partial charge in [0.15, 0.2) is 0 Å². The number of hydrogen-bond donors (Lipinski definition) is 2. The molecule has 3 rings (SSSR count). The Hall–Kier alpha value is -1.69. The van der Waals surface area contributed by atoms with Crippen molar-refractivity contribution < 1.29 is 0 Å². The second-order valence-electron chi connectivity index (χ2n) is 4.93. The molecule has 2 N–H and O–H groups in total. The first-order valence-corrected chi connectivity index (χ1v) is 5.76. The van der Waals surface area contributed by atoms with Gasteiger partial charge < -0.3 is 5.32 Å². The summed E-state index contributed by atoms with van der Waals surface area (Å²) in [5, 5.41) is 6.38. The molecule has 0 amide bonds. The molecule has 3 heterocycles. The fourth-order valence-corrected chi connectivity index (χ4v) is 2.28. The molecule has 1 aliphatic rings. The summed E-state index contributed by atoms with van der Waals surface area (Å²) in [6.45, 7) is 5.80. The molecule has 2 aromatic heterocycles. The summed E-state index contributed by atoms with van der Waals surface area (Å²) >= 11 is 0. The Morgan fingerprint density at radius 3 is 3.00 bits per heavy atom. The van der Waals surface area contributed by atoms with Gasteiger partial charge in [0.05, 0.1) is 0 Å². The summed E-state index contributed by atoms with van der Waals surface area (Å²) < 4.78 is 1.41. The first-order valence-electron chi connectivity index (χ1n) is 5.76. The molecule has 2 aromatic rings. The van der Waals surface area contributed by atoms with Crippen molar-refractivity contribution in [3.8, 4) is 0 Å². The SMILES string of the molecule is Cc1cc(=O)n2[nH]c(C3(C)CCNC3)nc2n1. The fourth-order valence-electron chi connectivity index (χ4n) is 2.28. The fraction of sp³-hybridized carbons (Fsp3) is 0.545. The number of hydrogen-bond acceptors (Lipinski definition) is 4. The highest BCUT2D eigenvalue weighted by molar-refractivity contribution is 5.30. The van der Waals surface area contributed by atoms with E-state index in [2.05, 4.69) is 27.3 Å². The Balaban J connectivity index is 2.20. The van der Waals surface area contributed by atoms with Gasteiger partial charge in [-0.15, -0.1) is 0 Å². The number of aromatic amines is 1. The van der Waals surface area contributed by atoms with E-state index in [1.807, 2.05) is 0 Å². The first kappa shape index (κ1) is 10.5. The van der Waals surface area contributed by atoms with Gasteiger partial charge >= 0.3 is 0 Å². The van der Waals surface area contributed by atoms with E-state index in [0.717, 1.165) is 25.3 Å². The zero-order valence-electron chi connectivity index (χ0n) is 9.95. The Kier molecular flexibility index (Phi) is 2.09. The van der Waals surface area contributed by atoms with Gasteiger partial charge in [0.2, 0.25) is 0 Å². The second kappa shape index (κ2) is 3.40. The van der Waals surface area contributed by atoms with Crippen LogP contribution in [0.15, 0.2) is 10.9 Å². The molecular formula is C11H15N5O. The van der Waals surface area contributed by atoms with Crippen LogP contribution < -0.4 is 10.9 Å². The van der Waals surface area contributed by atoms with Gasteiger partial charge in [0, 0.05) is 23.7 Å². The van der Waals surface area contributed by atoms with Gasteiger partial charge in [-0.25, -0.2) is 4.98 Å². The maximum Gasteiger partial charge on any atom is 0.274 e. The molecule has 1 aliphatic heterocycles. The number of nitrogens with one attached hydrogen (secondary N) is 2. The number of nitrogens with zero attached hydrogens (tertiary/aromatic N) is 3. The average molecular weight is 233 g/mol. The molecular weight excluding hydrogens is 218 g/mol. The number of rotatable bonds is 1. The van der Waals surface area contributed by atoms with Crippen molar-refractivity contribution in [2.75, 3.05) is 13.1 Å². The summed E-state index contributed by atoms with van der Waals surface area (Å²) in [6, 6.07) is 1.50. The molecule has 0 spiro atoms. The van der Waals surface area contributed by atoms with E-state index in [0.29, 0.717) is 11.5 Å². The Morgan fingerprint density at radius 1 is 1.47 bits per heavy atom. The van der Waals surface area contributed by atoms with Crippen molar-refractivity contribution in [2.45, 2.75) is 25.7 Å². The van der Waals surface area contributed by atoms with Crippen LogP contribution in [0.1, 0.15) is 24.9 Å². The predicted octanol–water partition coefficient (Wildman–Crippen LogP) is -0.0230. The summed E-state index contributed by atoms with van der Waals surface area (Å²) in [5.41, 5.74) is 0.553. The number of aryl methyl sites for hydroxylation is 1. The molecule has 0 bridgehead atoms. The number of H-pyrrole nitrogens is 1. The lowest BCUT2D eigenvalue weighted by atomic mass is 9.89. The Morgan fingerprint density at radius 2 is 2.29 bits per heavy atom. The Labute approximate surface area is 98.1 Å². The minimum Gasteiger partial charge on any atom is -0.316 e. The smallest absolute Gasteiger partial charge is 0.274 e. The van der Waals surface area contributed by atoms with Crippen LogP contribution in [0.3, 0.4) is 0 Å². The van der Waals surface area contributed by atoms with E-state index in [-0.39, 0.29) is 11.0 Å². The molecule has 1 atom stereocenters. The molecule has 1 unspecified atom stereocenters. The van der Waals surface area contributed by atoms with Gasteiger partial charge in [-0.3, -0.25) is 9.89 Å². The molecule has 0 aliphatic carbocycles. The highest BCUT2D eigenvalue weighted by Crippen LogP contribution is 2.27. The molecule has 6 heteroatoms. The van der Waals surface area contributed by atoms with E-state index in [9.17, 15) is 4.79 Å². The Bertz CT molecular complexity index is 620. The summed E-state index contributed by atoms with van der Waals surface area (Å²) in [4.78, 5) is 20.5. The van der Waals surface area contributed by atoms with Crippen LogP contribution in [0.25, 0.3) is 5.78 Å². The topological polar surface area (TPSA) is 75.1 Å². The third-order valence-corrected chi connectivity index (χ3v) is 3.40. The molecule has 0 radical (unpaired) electrons. The maximum atomic E-state index is 11.8. The number of fused-ring (bicyclic) bond motifs is 1. The largest absolute Gasteiger partial charge is 0.316 e. The normalized spacial score (nSPS) is 24.6. The van der Waals surface area contributed by atoms with Gasteiger partial charge in [0.25, 0.3) is 11.3 Å². The number of aromatic nitrogens is 4. The van der Waals surface area contributed by atoms with Crippen molar-refractivity contribution in [3.63, 3.8) is 0 Å². The monoisotopic (exact) mass is 233 g/mol. The van der Waals surface area contributed by atoms with E-state index in [1.165, 1.54) is 10.6 Å². The van der Waals surface area contributed by atoms with Crippen LogP contribution >= 0.6 is 0 Å². The van der Waals surface area contributed by atoms with Crippen LogP contribution in [0.4, 0.5) is 0 Å². The summed E-state index contributed by atoms with van der Waals surface area (Å²) in [6.07, 6.45) is 1.01. The average Bonchev–Trinajstić information content (AvgIpc) is 2.84. The van der Waals surface area contributed by atoms with E-state index in [4.69, 9.17) is 0 Å². The maximum absolute atomic E-state index is 11.8. The third-order valence-electron chi connectivity index (χ3n) is 3.40. The second-order valence-corrected chi connectivity index (χ2v) is 4.93. The van der Waals surface area contributed by atoms with Crippen LogP contribution in [-0.2, 0) is 5.41 Å². The molecule has 1 saturated heterocycles. The zero-order chi connectivity index (χ0) is 12.0. The predicted molar refractivity (Wildman–Crippen MR) is 63.2 cm³/mol. The van der Waals surface area contributed by atoms with Gasteiger partial charge in [-0.1, -0.05) is 6.92 Å². The van der Waals surface area contributed by atoms with E-state index < -0.39 is 0 Å². The lowest BCUT2D eigenvalue weighted by molar-refractivity contribution is 0.489. The molecule has 1 fully saturated rings. The lowest BCUT2D eigenvalue weighted by Gasteiger charge is -2.18. The minimum atomic E-state index is -0.110. The summed E-state index contributed by atoms with van der Waals surface area (Å²) in [5.74, 6) is 1.29. The van der Waals surface area contributed by atoms with Gasteiger partial charge in [0.1, 0.15) is 5.82 Å². The standard InChI is InChI=1S/C11H15N5O/c1-7-5-8(17)16-10(13-7)14-9(15-16)11(2)3-4-12-6-11/h5,12H,3-4,6H2,1-2H3,(H,13,14,15). The minimum absolute atomic E-state index is 0.0337. The molecule has 17 heavy (non-hydrogen) atoms. The van der Waals surface area contributed by atoms with Crippen molar-refractivity contribution in [1.29, 1.82) is 0 Å². The van der Waals surface area contributed by atoms with Crippen molar-refractivity contribution in [3.05, 3.63) is 27.9 Å². The van der Waals surface area contributed by atoms with E-state index in [1.54, 1.807) is 6.92 Å². The van der Waals surface area contributed by atoms with E-state index >= 15 is 0 Å². The summed E-state index contributed by atoms with van der Waals surface area (Å²) in [7, 11) is 0. The van der Waals surface area contributed by atoms with Crippen LogP contribution in [0, 0.1) is 6.92 Å². The van der Waals surface area contributed by atoms with Crippen LogP contribution in [0.5, 0.6) is 0 Å². The van der Waals surface area contributed by atoms with Crippen LogP contribution in [0.2, 0.25) is 0 Å². The quantitative estimate of drug-likeness (QED) is 0.725. The van der Waals surface area contributed by atoms with Gasteiger partial charge in [-0.05, 0) is 19.9 Å². The highest BCUT2D eigenvalue weighted by Gasteiger charge is 2.34. The van der Waals surface area contributed by atoms with Crippen molar-refractivity contribution in [2.24, 2.45) is 0 Å². The lowest BCUT2D eigenvalue weighted by Crippen LogP contribution is -2.26. The first-order chi connectivity index (χ1) is 8.08. The zero-order valence-corrected chi connectivity index (χ0v) is 9.95. The molecule has 90 valence electrons. The van der Waals surface area contributed by atoms with Crippen LogP contribution in [-0.4, -0.2) is 32.7 Å². The van der Waals surface area contributed by atoms with Crippen molar-refractivity contribution in [1.82, 2.24) is 24.9 Å². The highest BCUT2D eigenvalue weighted by atomic mass is 16.1. The van der Waals surface area contributed by atoms with Gasteiger partial charge in [-0.2, -0.15) is 9.50 Å². The molecule has 0 aromatic carbocycles. The third kappa shape index (κ3) is 1.56. The molecule has 6 nitrogen and oxygen atoms in total. The molecule has 0 saturated carbocycles.